The molecule has 0 aliphatic heterocycles. The van der Waals surface area contributed by atoms with Crippen molar-refractivity contribution >= 4 is 15.6 Å². The Bertz CT molecular complexity index is 229. The summed E-state index contributed by atoms with van der Waals surface area (Å²) in [6.07, 6.45) is 1.57. The van der Waals surface area contributed by atoms with Crippen LogP contribution in [0.3, 0.4) is 0 Å². The Kier molecular flexibility index (Phi) is 8.99. The second-order valence-electron chi connectivity index (χ2n) is 4.20. The van der Waals surface area contributed by atoms with Crippen LogP contribution in [-0.4, -0.2) is 48.0 Å². The molecule has 7 heteroatoms. The molecular weight excluding hydrogens is 252 g/mol. The average Bonchev–Trinajstić information content (AvgIpc) is 2.33. The lowest BCUT2D eigenvalue weighted by molar-refractivity contribution is -0.363. The Labute approximate surface area is 111 Å². The minimum Gasteiger partial charge on any atom is -0.352 e. The number of methoxy groups -OCH3 is 2. The number of carbonyl (C=O) groups excluding carboxylic acids is 1. The number of amides is 2. The van der Waals surface area contributed by atoms with Gasteiger partial charge in [0.05, 0.1) is 6.61 Å². The molecule has 0 aliphatic rings. The molecule has 1 unspecified atom stereocenters. The van der Waals surface area contributed by atoms with Gasteiger partial charge in [-0.05, 0) is 13.3 Å². The molecule has 0 spiro atoms. The maximum absolute atomic E-state index is 10.6. The molecule has 0 aromatic heterocycles. The highest BCUT2D eigenvalue weighted by Gasteiger charge is 2.27. The summed E-state index contributed by atoms with van der Waals surface area (Å²) in [7, 11) is 2.78. The first-order valence-corrected chi connectivity index (χ1v) is 8.11. The maximum Gasteiger partial charge on any atom is 0.312 e. The Balaban J connectivity index is 3.69. The zero-order valence-corrected chi connectivity index (χ0v) is 13.2. The van der Waals surface area contributed by atoms with Gasteiger partial charge < -0.3 is 25.3 Å². The lowest BCUT2D eigenvalue weighted by Gasteiger charge is -2.29. The minimum absolute atomic E-state index is 0.225. The number of hydrogen-bond acceptors (Lipinski definition) is 4. The van der Waals surface area contributed by atoms with Crippen LogP contribution in [0.1, 0.15) is 26.7 Å². The van der Waals surface area contributed by atoms with Gasteiger partial charge in [-0.1, -0.05) is 13.0 Å². The molecule has 0 saturated carbocycles. The second-order valence-corrected chi connectivity index (χ2v) is 6.71. The minimum atomic E-state index is -0.918. The second kappa shape index (κ2) is 9.32. The number of ether oxygens (including phenoxy) is 3. The van der Waals surface area contributed by atoms with Crippen molar-refractivity contribution in [2.45, 2.75) is 44.4 Å². The van der Waals surface area contributed by atoms with Gasteiger partial charge in [0.25, 0.3) is 5.97 Å². The number of urea groups is 1. The fourth-order valence-electron chi connectivity index (χ4n) is 1.69. The first kappa shape index (κ1) is 17.4. The third-order valence-corrected chi connectivity index (χ3v) is 4.78. The molecule has 0 bridgehead atoms. The van der Waals surface area contributed by atoms with E-state index < -0.39 is 12.0 Å². The van der Waals surface area contributed by atoms with Gasteiger partial charge in [-0.15, -0.1) is 0 Å². The van der Waals surface area contributed by atoms with Crippen molar-refractivity contribution < 1.29 is 19.0 Å². The van der Waals surface area contributed by atoms with Gasteiger partial charge in [-0.25, -0.2) is 4.79 Å². The Hall–Kier alpha value is -0.633. The van der Waals surface area contributed by atoms with Crippen LogP contribution in [-0.2, 0) is 14.2 Å². The van der Waals surface area contributed by atoms with E-state index in [1.165, 1.54) is 0 Å². The molecule has 0 aromatic carbocycles. The van der Waals surface area contributed by atoms with Crippen molar-refractivity contribution in [1.82, 2.24) is 5.32 Å². The van der Waals surface area contributed by atoms with Crippen LogP contribution < -0.4 is 11.1 Å². The van der Waals surface area contributed by atoms with E-state index in [1.807, 2.05) is 13.8 Å². The van der Waals surface area contributed by atoms with Gasteiger partial charge in [-0.2, -0.15) is 0 Å². The normalized spacial score (nSPS) is 14.0. The SMILES string of the molecule is CCC(OC)(OC)OCCC[SiH2]C(C)NC(N)=O. The largest absolute Gasteiger partial charge is 0.352 e. The van der Waals surface area contributed by atoms with Crippen LogP contribution in [0.4, 0.5) is 4.79 Å². The predicted octanol–water partition coefficient (Wildman–Crippen LogP) is 0.351. The summed E-state index contributed by atoms with van der Waals surface area (Å²) < 4.78 is 16.0. The molecule has 1 atom stereocenters. The van der Waals surface area contributed by atoms with Gasteiger partial charge in [0.15, 0.2) is 0 Å². The fourth-order valence-corrected chi connectivity index (χ4v) is 3.14. The van der Waals surface area contributed by atoms with Crippen LogP contribution in [0, 0.1) is 0 Å². The molecule has 6 nitrogen and oxygen atoms in total. The average molecular weight is 278 g/mol. The fraction of sp³-hybridized carbons (Fsp3) is 0.909. The summed E-state index contributed by atoms with van der Waals surface area (Å²) in [6, 6.07) is 0.629. The lowest BCUT2D eigenvalue weighted by Crippen LogP contribution is -2.40. The van der Waals surface area contributed by atoms with Crippen molar-refractivity contribution in [1.29, 1.82) is 0 Å². The van der Waals surface area contributed by atoms with E-state index >= 15 is 0 Å². The Morgan fingerprint density at radius 3 is 2.50 bits per heavy atom. The first-order valence-electron chi connectivity index (χ1n) is 6.30. The summed E-state index contributed by atoms with van der Waals surface area (Å²) in [5.74, 6) is -0.918. The van der Waals surface area contributed by atoms with E-state index in [4.69, 9.17) is 19.9 Å². The van der Waals surface area contributed by atoms with E-state index in [1.54, 1.807) is 14.2 Å². The Morgan fingerprint density at radius 1 is 1.44 bits per heavy atom. The smallest absolute Gasteiger partial charge is 0.312 e. The van der Waals surface area contributed by atoms with Gasteiger partial charge in [-0.3, -0.25) is 0 Å². The third kappa shape index (κ3) is 6.95. The van der Waals surface area contributed by atoms with Crippen molar-refractivity contribution in [3.05, 3.63) is 0 Å². The molecule has 3 N–H and O–H groups in total. The highest BCUT2D eigenvalue weighted by atomic mass is 28.2. The summed E-state index contributed by atoms with van der Waals surface area (Å²) in [6.45, 7) is 4.52. The van der Waals surface area contributed by atoms with Crippen molar-refractivity contribution in [2.24, 2.45) is 5.73 Å². The molecule has 0 radical (unpaired) electrons. The number of nitrogens with one attached hydrogen (secondary N) is 1. The number of carbonyl (C=O) groups is 1. The molecule has 0 rings (SSSR count). The quantitative estimate of drug-likeness (QED) is 0.343. The molecule has 18 heavy (non-hydrogen) atoms. The standard InChI is InChI=1S/C11H26N2O4Si/c1-5-11(15-3,16-4)17-7-6-8-18-9(2)13-10(12)14/h9H,5-8,18H2,1-4H3,(H3,12,13,14). The first-order chi connectivity index (χ1) is 8.49. The molecular formula is C11H26N2O4Si. The highest BCUT2D eigenvalue weighted by Crippen LogP contribution is 2.18. The summed E-state index contributed by atoms with van der Waals surface area (Å²) in [5.41, 5.74) is 5.27. The monoisotopic (exact) mass is 278 g/mol. The van der Waals surface area contributed by atoms with Crippen molar-refractivity contribution in [3.63, 3.8) is 0 Å². The molecule has 108 valence electrons. The lowest BCUT2D eigenvalue weighted by atomic mass is 10.4. The summed E-state index contributed by atoms with van der Waals surface area (Å²) in [4.78, 5) is 10.6. The van der Waals surface area contributed by atoms with Gasteiger partial charge in [0.1, 0.15) is 0 Å². The molecule has 0 fully saturated rings. The van der Waals surface area contributed by atoms with E-state index in [-0.39, 0.29) is 15.2 Å². The number of rotatable bonds is 10. The van der Waals surface area contributed by atoms with Gasteiger partial charge >= 0.3 is 6.03 Å². The van der Waals surface area contributed by atoms with Gasteiger partial charge in [0, 0.05) is 35.8 Å². The predicted molar refractivity (Wildman–Crippen MR) is 73.1 cm³/mol. The van der Waals surface area contributed by atoms with E-state index in [0.717, 1.165) is 12.5 Å². The van der Waals surface area contributed by atoms with Crippen molar-refractivity contribution in [3.8, 4) is 0 Å². The van der Waals surface area contributed by atoms with E-state index in [0.29, 0.717) is 13.0 Å². The molecule has 2 amide bonds. The number of primary amides is 1. The zero-order valence-electron chi connectivity index (χ0n) is 11.8. The van der Waals surface area contributed by atoms with Crippen LogP contribution in [0.2, 0.25) is 6.04 Å². The highest BCUT2D eigenvalue weighted by molar-refractivity contribution is 6.37. The maximum atomic E-state index is 10.6. The Morgan fingerprint density at radius 2 is 2.06 bits per heavy atom. The molecule has 0 saturated heterocycles. The summed E-state index contributed by atoms with van der Waals surface area (Å²) >= 11 is 0. The van der Waals surface area contributed by atoms with Crippen molar-refractivity contribution in [2.75, 3.05) is 20.8 Å². The molecule has 0 aromatic rings. The molecule has 0 heterocycles. The van der Waals surface area contributed by atoms with Crippen LogP contribution in [0.25, 0.3) is 0 Å². The summed E-state index contributed by atoms with van der Waals surface area (Å²) in [5, 5.41) is 2.69. The van der Waals surface area contributed by atoms with E-state index in [2.05, 4.69) is 5.32 Å². The zero-order chi connectivity index (χ0) is 14.0. The molecule has 0 aliphatic carbocycles. The van der Waals surface area contributed by atoms with Crippen LogP contribution in [0.15, 0.2) is 0 Å². The third-order valence-electron chi connectivity index (χ3n) is 2.80. The van der Waals surface area contributed by atoms with E-state index in [9.17, 15) is 4.79 Å². The number of hydrogen-bond donors (Lipinski definition) is 2. The van der Waals surface area contributed by atoms with Gasteiger partial charge in [0.2, 0.25) is 0 Å². The topological polar surface area (TPSA) is 82.8 Å². The number of nitrogens with two attached hydrogens (primary N) is 1. The van der Waals surface area contributed by atoms with Crippen LogP contribution >= 0.6 is 0 Å². The van der Waals surface area contributed by atoms with Crippen LogP contribution in [0.5, 0.6) is 0 Å².